The number of hydrogen-bond donors (Lipinski definition) is 1. The van der Waals surface area contributed by atoms with E-state index in [2.05, 4.69) is 85.0 Å². The second-order valence-corrected chi connectivity index (χ2v) is 14.8. The van der Waals surface area contributed by atoms with Crippen LogP contribution in [0.15, 0.2) is 48.6 Å². The first kappa shape index (κ1) is 20.9. The second kappa shape index (κ2) is 8.09. The summed E-state index contributed by atoms with van der Waals surface area (Å²) in [6.07, 6.45) is 14.5. The van der Waals surface area contributed by atoms with Gasteiger partial charge in [-0.1, -0.05) is 24.8 Å². The van der Waals surface area contributed by atoms with E-state index in [9.17, 15) is 0 Å². The summed E-state index contributed by atoms with van der Waals surface area (Å²) in [7, 11) is 0. The third-order valence-corrected chi connectivity index (χ3v) is 9.62. The summed E-state index contributed by atoms with van der Waals surface area (Å²) in [5.41, 5.74) is 4.45. The van der Waals surface area contributed by atoms with Gasteiger partial charge in [-0.15, -0.1) is 0 Å². The van der Waals surface area contributed by atoms with E-state index in [1.807, 2.05) is 19.1 Å². The third kappa shape index (κ3) is 4.85. The van der Waals surface area contributed by atoms with Gasteiger partial charge in [0.05, 0.1) is 0 Å². The Balaban J connectivity index is 0.000000431. The van der Waals surface area contributed by atoms with Crippen LogP contribution in [0.3, 0.4) is 0 Å². The minimum atomic E-state index is -2.26. The fraction of sp³-hybridized carbons (Fsp3) is 0.333. The molecule has 0 heterocycles. The first-order valence-electron chi connectivity index (χ1n) is 9.38. The number of nitrogens with one attached hydrogen (secondary N) is 1. The Morgan fingerprint density at radius 1 is 1.12 bits per heavy atom. The number of fused-ring (bicyclic) bond motifs is 2. The standard InChI is InChI=1S/C13H9.C5H8.C4H10N.2CH3.Ti/c1-9-5-12-7-10-3-2-4-11(10)8-13(12)6-9;1-3-5-4-2;1-4(2,3)5;;;/h2-5,7-8H,1H3;3-5H,1H2,2H3;5H,1-3H3;2*1H3;/q;;-1;;;+1. The van der Waals surface area contributed by atoms with Gasteiger partial charge in [0.2, 0.25) is 0 Å². The van der Waals surface area contributed by atoms with Gasteiger partial charge in [-0.3, -0.25) is 0 Å². The van der Waals surface area contributed by atoms with Gasteiger partial charge in [0.25, 0.3) is 0 Å². The molecule has 0 saturated carbocycles. The molecule has 0 atom stereocenters. The molecule has 2 heteroatoms. The minimum absolute atomic E-state index is 0.171. The Hall–Kier alpha value is -1.41. The van der Waals surface area contributed by atoms with Crippen molar-refractivity contribution in [3.8, 4) is 0 Å². The van der Waals surface area contributed by atoms with Crippen LogP contribution in [0.4, 0.5) is 0 Å². The molecule has 1 aromatic rings. The first-order chi connectivity index (χ1) is 12.1. The van der Waals surface area contributed by atoms with E-state index in [0.717, 1.165) is 0 Å². The summed E-state index contributed by atoms with van der Waals surface area (Å²) in [5.74, 6) is 0. The Morgan fingerprint density at radius 2 is 1.81 bits per heavy atom. The molecule has 0 aliphatic heterocycles. The molecular formula is C24H33NTi. The zero-order chi connectivity index (χ0) is 19.5. The topological polar surface area (TPSA) is 12.0 Å². The van der Waals surface area contributed by atoms with Crippen LogP contribution in [0.1, 0.15) is 45.7 Å². The quantitative estimate of drug-likeness (QED) is 0.550. The molecule has 1 aromatic carbocycles. The van der Waals surface area contributed by atoms with Crippen LogP contribution >= 0.6 is 0 Å². The fourth-order valence-corrected chi connectivity index (χ4v) is 10.2. The van der Waals surface area contributed by atoms with Gasteiger partial charge in [0.1, 0.15) is 0 Å². The predicted molar refractivity (Wildman–Crippen MR) is 116 cm³/mol. The maximum atomic E-state index is 3.96. The molecule has 1 nitrogen and oxygen atoms in total. The molecule has 26 heavy (non-hydrogen) atoms. The van der Waals surface area contributed by atoms with Gasteiger partial charge in [-0.05, 0) is 6.92 Å². The van der Waals surface area contributed by atoms with Crippen molar-refractivity contribution in [1.82, 2.24) is 3.80 Å². The summed E-state index contributed by atoms with van der Waals surface area (Å²) < 4.78 is 5.57. The molecule has 3 rings (SSSR count). The summed E-state index contributed by atoms with van der Waals surface area (Å²) in [6, 6.07) is 4.74. The summed E-state index contributed by atoms with van der Waals surface area (Å²) in [6.45, 7) is 14.5. The molecule has 0 unspecified atom stereocenters. The molecule has 0 spiro atoms. The Labute approximate surface area is 163 Å². The number of hydrogen-bond acceptors (Lipinski definition) is 1. The van der Waals surface area contributed by atoms with Crippen LogP contribution in [0, 0.1) is 0 Å². The zero-order valence-corrected chi connectivity index (χ0v) is 19.0. The van der Waals surface area contributed by atoms with Crippen molar-refractivity contribution in [2.45, 2.75) is 50.6 Å². The van der Waals surface area contributed by atoms with Crippen LogP contribution in [0.5, 0.6) is 0 Å². The van der Waals surface area contributed by atoms with Crippen LogP contribution in [-0.4, -0.2) is 5.54 Å². The van der Waals surface area contributed by atoms with Crippen molar-refractivity contribution in [3.05, 3.63) is 70.2 Å². The third-order valence-electron chi connectivity index (χ3n) is 4.48. The molecule has 0 bridgehead atoms. The molecule has 0 saturated heterocycles. The predicted octanol–water partition coefficient (Wildman–Crippen LogP) is 5.32. The van der Waals surface area contributed by atoms with Crippen LogP contribution < -0.4 is 14.2 Å². The number of benzene rings is 1. The zero-order valence-electron chi connectivity index (χ0n) is 17.4. The van der Waals surface area contributed by atoms with Crippen molar-refractivity contribution < 1.29 is 16.8 Å². The molecule has 2 aliphatic carbocycles. The van der Waals surface area contributed by atoms with Gasteiger partial charge >= 0.3 is 132 Å². The Morgan fingerprint density at radius 3 is 2.35 bits per heavy atom. The number of allylic oxidation sites excluding steroid dienone is 5. The van der Waals surface area contributed by atoms with Gasteiger partial charge in [0.15, 0.2) is 0 Å². The average Bonchev–Trinajstić information content (AvgIpc) is 3.05. The molecule has 138 valence electrons. The van der Waals surface area contributed by atoms with E-state index in [0.29, 0.717) is 0 Å². The summed E-state index contributed by atoms with van der Waals surface area (Å²) in [5, 5.41) is 7.71. The maximum absolute atomic E-state index is 3.96. The molecule has 0 aromatic heterocycles. The second-order valence-electron chi connectivity index (χ2n) is 8.56. The van der Waals surface area contributed by atoms with Gasteiger partial charge in [-0.2, -0.15) is 0 Å². The van der Waals surface area contributed by atoms with E-state index in [1.165, 1.54) is 27.1 Å². The van der Waals surface area contributed by atoms with E-state index in [-0.39, 0.29) is 5.54 Å². The van der Waals surface area contributed by atoms with Crippen molar-refractivity contribution in [1.29, 1.82) is 0 Å². The molecule has 0 amide bonds. The normalized spacial score (nSPS) is 15.2. The molecule has 0 radical (unpaired) electrons. The van der Waals surface area contributed by atoms with Crippen LogP contribution in [0.25, 0.3) is 22.1 Å². The molecule has 1 N–H and O–H groups in total. The Kier molecular flexibility index (Phi) is 6.50. The summed E-state index contributed by atoms with van der Waals surface area (Å²) >= 11 is -2.26. The molecular weight excluding hydrogens is 350 g/mol. The molecule has 0 fully saturated rings. The average molecular weight is 383 g/mol. The van der Waals surface area contributed by atoms with Gasteiger partial charge < -0.3 is 0 Å². The fourth-order valence-electron chi connectivity index (χ4n) is 4.01. The van der Waals surface area contributed by atoms with Crippen molar-refractivity contribution in [2.24, 2.45) is 0 Å². The van der Waals surface area contributed by atoms with Crippen molar-refractivity contribution in [2.75, 3.05) is 0 Å². The van der Waals surface area contributed by atoms with E-state index in [4.69, 9.17) is 0 Å². The van der Waals surface area contributed by atoms with Crippen molar-refractivity contribution in [3.63, 3.8) is 0 Å². The van der Waals surface area contributed by atoms with Crippen LogP contribution in [-0.2, 0) is 16.8 Å². The summed E-state index contributed by atoms with van der Waals surface area (Å²) in [4.78, 5) is 0. The van der Waals surface area contributed by atoms with E-state index in [1.54, 1.807) is 9.95 Å². The Bertz CT molecular complexity index is 903. The van der Waals surface area contributed by atoms with Gasteiger partial charge in [0, 0.05) is 0 Å². The van der Waals surface area contributed by atoms with Gasteiger partial charge in [-0.25, -0.2) is 0 Å². The monoisotopic (exact) mass is 383 g/mol. The van der Waals surface area contributed by atoms with Crippen LogP contribution in [0.2, 0.25) is 10.5 Å². The molecule has 2 aliphatic rings. The van der Waals surface area contributed by atoms with Crippen molar-refractivity contribution >= 4 is 22.1 Å². The van der Waals surface area contributed by atoms with E-state index < -0.39 is 16.8 Å². The first-order valence-corrected chi connectivity index (χ1v) is 14.1. The van der Waals surface area contributed by atoms with E-state index >= 15 is 0 Å². The SMILES string of the molecule is C=CC=CC.CC1=[C]([Ti]([CH3])([CH3])[NH]C(C)(C)C)c2cc3c(cc2=C1)C=CC=3. The number of rotatable bonds is 3.